The van der Waals surface area contributed by atoms with Gasteiger partial charge in [0.05, 0.1) is 6.61 Å². The van der Waals surface area contributed by atoms with Crippen molar-refractivity contribution < 1.29 is 23.8 Å². The molecule has 0 heterocycles. The van der Waals surface area contributed by atoms with Crippen molar-refractivity contribution in [3.63, 3.8) is 0 Å². The zero-order chi connectivity index (χ0) is 44.9. The minimum absolute atomic E-state index is 0.0668. The SMILES string of the molecule is CC/C=C\C/C=C\C/C=C\C/C=C\C/C=C\CCCCCC(=O)OCC(COCCCCCCCCCC/C=C\CCCCCCCC)OC(=O)CCCCCCCCCCC. The molecule has 0 radical (unpaired) electrons. The lowest BCUT2D eigenvalue weighted by atomic mass is 10.1. The van der Waals surface area contributed by atoms with Crippen molar-refractivity contribution in [1.82, 2.24) is 0 Å². The predicted molar refractivity (Wildman–Crippen MR) is 270 cm³/mol. The Morgan fingerprint density at radius 1 is 0.371 bits per heavy atom. The van der Waals surface area contributed by atoms with E-state index < -0.39 is 6.10 Å². The van der Waals surface area contributed by atoms with Crippen LogP contribution in [0.1, 0.15) is 252 Å². The van der Waals surface area contributed by atoms with E-state index in [1.165, 1.54) is 135 Å². The summed E-state index contributed by atoms with van der Waals surface area (Å²) in [5.41, 5.74) is 0. The van der Waals surface area contributed by atoms with Crippen LogP contribution >= 0.6 is 0 Å². The second-order valence-corrected chi connectivity index (χ2v) is 17.4. The average molecular weight is 865 g/mol. The number of rotatable bonds is 48. The van der Waals surface area contributed by atoms with Gasteiger partial charge in [-0.05, 0) is 89.9 Å². The largest absolute Gasteiger partial charge is 0.462 e. The van der Waals surface area contributed by atoms with Crippen molar-refractivity contribution >= 4 is 11.9 Å². The Balaban J connectivity index is 4.24. The summed E-state index contributed by atoms with van der Waals surface area (Å²) in [7, 11) is 0. The second kappa shape index (κ2) is 52.7. The van der Waals surface area contributed by atoms with Crippen LogP contribution in [0.15, 0.2) is 72.9 Å². The summed E-state index contributed by atoms with van der Waals surface area (Å²) in [6, 6.07) is 0. The number of esters is 2. The van der Waals surface area contributed by atoms with Gasteiger partial charge < -0.3 is 14.2 Å². The maximum atomic E-state index is 12.7. The van der Waals surface area contributed by atoms with Crippen LogP contribution in [0, 0.1) is 0 Å². The molecule has 62 heavy (non-hydrogen) atoms. The van der Waals surface area contributed by atoms with Crippen LogP contribution in [0.4, 0.5) is 0 Å². The Bertz CT molecular complexity index is 1110. The zero-order valence-electron chi connectivity index (χ0n) is 41.1. The fraction of sp³-hybridized carbons (Fsp3) is 0.754. The number of carbonyl (C=O) groups is 2. The maximum absolute atomic E-state index is 12.7. The molecule has 0 saturated carbocycles. The highest BCUT2D eigenvalue weighted by Gasteiger charge is 2.17. The molecule has 0 aliphatic rings. The molecule has 0 aliphatic heterocycles. The lowest BCUT2D eigenvalue weighted by Gasteiger charge is -2.18. The molecule has 5 nitrogen and oxygen atoms in total. The third kappa shape index (κ3) is 50.0. The summed E-state index contributed by atoms with van der Waals surface area (Å²) in [5, 5.41) is 0. The highest BCUT2D eigenvalue weighted by molar-refractivity contribution is 5.70. The minimum atomic E-state index is -0.550. The molecule has 0 bridgehead atoms. The van der Waals surface area contributed by atoms with E-state index in [0.717, 1.165) is 83.5 Å². The molecular weight excluding hydrogens is 765 g/mol. The van der Waals surface area contributed by atoms with E-state index in [2.05, 4.69) is 93.7 Å². The number of carbonyl (C=O) groups excluding carboxylic acids is 2. The first-order valence-corrected chi connectivity index (χ1v) is 26.5. The first kappa shape index (κ1) is 59.3. The van der Waals surface area contributed by atoms with Crippen LogP contribution in [-0.4, -0.2) is 37.9 Å². The Morgan fingerprint density at radius 2 is 0.726 bits per heavy atom. The maximum Gasteiger partial charge on any atom is 0.306 e. The molecule has 0 amide bonds. The molecule has 0 aromatic carbocycles. The molecule has 0 N–H and O–H groups in total. The van der Waals surface area contributed by atoms with E-state index >= 15 is 0 Å². The smallest absolute Gasteiger partial charge is 0.306 e. The van der Waals surface area contributed by atoms with Gasteiger partial charge in [-0.1, -0.05) is 222 Å². The Hall–Kier alpha value is -2.66. The molecule has 0 spiro atoms. The Labute approximate surface area is 385 Å². The van der Waals surface area contributed by atoms with Crippen molar-refractivity contribution in [3.8, 4) is 0 Å². The van der Waals surface area contributed by atoms with Gasteiger partial charge in [-0.3, -0.25) is 9.59 Å². The molecule has 5 heteroatoms. The van der Waals surface area contributed by atoms with Gasteiger partial charge in [0.1, 0.15) is 6.61 Å². The molecule has 1 unspecified atom stereocenters. The molecule has 1 atom stereocenters. The van der Waals surface area contributed by atoms with E-state index in [1.807, 2.05) is 0 Å². The van der Waals surface area contributed by atoms with E-state index in [-0.39, 0.29) is 25.2 Å². The lowest BCUT2D eigenvalue weighted by molar-refractivity contribution is -0.163. The molecule has 0 saturated heterocycles. The van der Waals surface area contributed by atoms with Crippen LogP contribution in [0.3, 0.4) is 0 Å². The van der Waals surface area contributed by atoms with Gasteiger partial charge in [-0.25, -0.2) is 0 Å². The van der Waals surface area contributed by atoms with Crippen LogP contribution in [0.5, 0.6) is 0 Å². The summed E-state index contributed by atoms with van der Waals surface area (Å²) in [4.78, 5) is 25.3. The Kier molecular flexibility index (Phi) is 50.4. The molecule has 0 rings (SSSR count). The van der Waals surface area contributed by atoms with Crippen molar-refractivity contribution in [2.75, 3.05) is 19.8 Å². The second-order valence-electron chi connectivity index (χ2n) is 17.4. The zero-order valence-corrected chi connectivity index (χ0v) is 41.1. The number of hydrogen-bond donors (Lipinski definition) is 0. The highest BCUT2D eigenvalue weighted by Crippen LogP contribution is 2.14. The van der Waals surface area contributed by atoms with Gasteiger partial charge >= 0.3 is 11.9 Å². The minimum Gasteiger partial charge on any atom is -0.462 e. The van der Waals surface area contributed by atoms with Gasteiger partial charge in [0.25, 0.3) is 0 Å². The van der Waals surface area contributed by atoms with E-state index in [0.29, 0.717) is 19.4 Å². The van der Waals surface area contributed by atoms with Crippen LogP contribution in [-0.2, 0) is 23.8 Å². The van der Waals surface area contributed by atoms with Crippen LogP contribution in [0.2, 0.25) is 0 Å². The fourth-order valence-corrected chi connectivity index (χ4v) is 7.30. The standard InChI is InChI=1S/C57H100O5/c1-4-7-10-13-16-19-21-23-25-27-29-30-32-34-36-39-41-44-47-50-56(58)61-54-55(62-57(59)51-48-45-42-38-18-15-12-9-6-3)53-60-52-49-46-43-40-37-35-33-31-28-26-24-22-20-17-14-11-8-5-2/h7,10,16,19,23-26,29-30,34,36,55H,4-6,8-9,11-15,17-18,20-22,27-28,31-33,35,37-54H2,1-3H3/b10-7-,19-16-,25-23-,26-24-,30-29-,36-34-. The lowest BCUT2D eigenvalue weighted by Crippen LogP contribution is -2.30. The van der Waals surface area contributed by atoms with Gasteiger partial charge in [0, 0.05) is 19.4 Å². The monoisotopic (exact) mass is 865 g/mol. The van der Waals surface area contributed by atoms with Crippen molar-refractivity contribution in [2.45, 2.75) is 258 Å². The van der Waals surface area contributed by atoms with Crippen molar-refractivity contribution in [1.29, 1.82) is 0 Å². The van der Waals surface area contributed by atoms with Crippen LogP contribution in [0.25, 0.3) is 0 Å². The fourth-order valence-electron chi connectivity index (χ4n) is 7.30. The van der Waals surface area contributed by atoms with Crippen molar-refractivity contribution in [3.05, 3.63) is 72.9 Å². The topological polar surface area (TPSA) is 61.8 Å². The summed E-state index contributed by atoms with van der Waals surface area (Å²) in [6.07, 6.45) is 67.7. The molecule has 0 aromatic rings. The highest BCUT2D eigenvalue weighted by atomic mass is 16.6. The summed E-state index contributed by atoms with van der Waals surface area (Å²) in [6.45, 7) is 7.67. The normalized spacial score (nSPS) is 12.8. The number of unbranched alkanes of at least 4 members (excludes halogenated alkanes) is 25. The molecule has 0 aliphatic carbocycles. The summed E-state index contributed by atoms with van der Waals surface area (Å²) < 4.78 is 17.4. The summed E-state index contributed by atoms with van der Waals surface area (Å²) in [5.74, 6) is -0.434. The first-order valence-electron chi connectivity index (χ1n) is 26.5. The summed E-state index contributed by atoms with van der Waals surface area (Å²) >= 11 is 0. The van der Waals surface area contributed by atoms with Crippen molar-refractivity contribution in [2.24, 2.45) is 0 Å². The van der Waals surface area contributed by atoms with E-state index in [9.17, 15) is 9.59 Å². The molecule has 0 aromatic heterocycles. The number of ether oxygens (including phenoxy) is 3. The third-order valence-corrected chi connectivity index (χ3v) is 11.2. The first-order chi connectivity index (χ1) is 30.6. The number of allylic oxidation sites excluding steroid dienone is 12. The number of hydrogen-bond acceptors (Lipinski definition) is 5. The van der Waals surface area contributed by atoms with Crippen LogP contribution < -0.4 is 0 Å². The third-order valence-electron chi connectivity index (χ3n) is 11.2. The van der Waals surface area contributed by atoms with Gasteiger partial charge in [0.15, 0.2) is 6.10 Å². The molecular formula is C57H100O5. The molecule has 358 valence electrons. The van der Waals surface area contributed by atoms with Gasteiger partial charge in [0.2, 0.25) is 0 Å². The quantitative estimate of drug-likeness (QED) is 0.0346. The molecule has 0 fully saturated rings. The van der Waals surface area contributed by atoms with E-state index in [4.69, 9.17) is 14.2 Å². The Morgan fingerprint density at radius 3 is 1.19 bits per heavy atom. The van der Waals surface area contributed by atoms with E-state index in [1.54, 1.807) is 0 Å². The van der Waals surface area contributed by atoms with Gasteiger partial charge in [-0.15, -0.1) is 0 Å². The predicted octanol–water partition coefficient (Wildman–Crippen LogP) is 17.9. The van der Waals surface area contributed by atoms with Gasteiger partial charge in [-0.2, -0.15) is 0 Å². The average Bonchev–Trinajstić information content (AvgIpc) is 3.27.